The Labute approximate surface area is 141 Å². The molecule has 1 heterocycles. The van der Waals surface area contributed by atoms with Gasteiger partial charge in [0.05, 0.1) is 18.9 Å². The number of benzene rings is 2. The van der Waals surface area contributed by atoms with E-state index in [1.807, 2.05) is 42.5 Å². The number of carbonyl (C=O) groups excluding carboxylic acids is 1. The van der Waals surface area contributed by atoms with Gasteiger partial charge in [0.1, 0.15) is 5.75 Å². The summed E-state index contributed by atoms with van der Waals surface area (Å²) in [6, 6.07) is 13.2. The number of aromatic nitrogens is 1. The first-order chi connectivity index (χ1) is 11.2. The van der Waals surface area contributed by atoms with Gasteiger partial charge in [-0.3, -0.25) is 4.79 Å². The molecule has 0 aliphatic heterocycles. The number of para-hydroxylation sites is 1. The van der Waals surface area contributed by atoms with E-state index in [4.69, 9.17) is 4.74 Å². The molecule has 3 aromatic rings. The number of hydrogen-bond acceptors (Lipinski definition) is 3. The molecule has 2 N–H and O–H groups in total. The normalized spacial score (nSPS) is 11.0. The van der Waals surface area contributed by atoms with Crippen LogP contribution in [0.2, 0.25) is 0 Å². The summed E-state index contributed by atoms with van der Waals surface area (Å²) >= 11 is 3.40. The number of nitrogens with zero attached hydrogens (tertiary/aromatic N) is 1. The lowest BCUT2D eigenvalue weighted by Crippen LogP contribution is -2.17. The highest BCUT2D eigenvalue weighted by molar-refractivity contribution is 9.10. The number of hydrazone groups is 1. The summed E-state index contributed by atoms with van der Waals surface area (Å²) in [5.74, 6) is 0.408. The Morgan fingerprint density at radius 3 is 2.96 bits per heavy atom. The van der Waals surface area contributed by atoms with Crippen molar-refractivity contribution in [3.05, 3.63) is 64.3 Å². The molecule has 0 aliphatic carbocycles. The van der Waals surface area contributed by atoms with E-state index in [0.29, 0.717) is 11.3 Å². The Bertz CT molecular complexity index is 886. The Balaban J connectivity index is 1.78. The minimum absolute atomic E-state index is 0.271. The molecular formula is C17H14BrN3O2. The molecule has 3 rings (SSSR count). The molecule has 0 spiro atoms. The Kier molecular flexibility index (Phi) is 4.43. The summed E-state index contributed by atoms with van der Waals surface area (Å²) in [5.41, 5.74) is 4.77. The molecular weight excluding hydrogens is 358 g/mol. The SMILES string of the molecule is COc1ccc(Br)cc1/C=N/NC(=O)c1c[nH]c2ccccc12. The van der Waals surface area contributed by atoms with E-state index < -0.39 is 0 Å². The van der Waals surface area contributed by atoms with Crippen molar-refractivity contribution in [2.45, 2.75) is 0 Å². The molecule has 0 fully saturated rings. The van der Waals surface area contributed by atoms with Crippen LogP contribution >= 0.6 is 15.9 Å². The molecule has 1 amide bonds. The van der Waals surface area contributed by atoms with Gasteiger partial charge in [-0.2, -0.15) is 5.10 Å². The van der Waals surface area contributed by atoms with Gasteiger partial charge in [-0.25, -0.2) is 5.43 Å². The third-order valence-electron chi connectivity index (χ3n) is 3.40. The predicted octanol–water partition coefficient (Wildman–Crippen LogP) is 3.70. The highest BCUT2D eigenvalue weighted by Gasteiger charge is 2.10. The van der Waals surface area contributed by atoms with Crippen LogP contribution in [0.1, 0.15) is 15.9 Å². The van der Waals surface area contributed by atoms with Gasteiger partial charge < -0.3 is 9.72 Å². The van der Waals surface area contributed by atoms with Gasteiger partial charge in [-0.05, 0) is 24.3 Å². The molecule has 116 valence electrons. The maximum Gasteiger partial charge on any atom is 0.273 e. The van der Waals surface area contributed by atoms with Crippen LogP contribution in [0.25, 0.3) is 10.9 Å². The lowest BCUT2D eigenvalue weighted by Gasteiger charge is -2.04. The van der Waals surface area contributed by atoms with Crippen molar-refractivity contribution in [1.82, 2.24) is 10.4 Å². The second-order valence-electron chi connectivity index (χ2n) is 4.83. The number of H-pyrrole nitrogens is 1. The molecule has 0 bridgehead atoms. The van der Waals surface area contributed by atoms with Crippen molar-refractivity contribution in [2.24, 2.45) is 5.10 Å². The quantitative estimate of drug-likeness (QED) is 0.542. The van der Waals surface area contributed by atoms with Crippen LogP contribution in [0.5, 0.6) is 5.75 Å². The number of methoxy groups -OCH3 is 1. The zero-order valence-electron chi connectivity index (χ0n) is 12.3. The summed E-state index contributed by atoms with van der Waals surface area (Å²) in [6.07, 6.45) is 3.23. The monoisotopic (exact) mass is 371 g/mol. The number of aromatic amines is 1. The van der Waals surface area contributed by atoms with E-state index in [1.165, 1.54) is 0 Å². The molecule has 0 aliphatic rings. The van der Waals surface area contributed by atoms with E-state index in [-0.39, 0.29) is 5.91 Å². The minimum atomic E-state index is -0.271. The van der Waals surface area contributed by atoms with Gasteiger partial charge in [0, 0.05) is 27.1 Å². The van der Waals surface area contributed by atoms with Crippen molar-refractivity contribution in [3.63, 3.8) is 0 Å². The lowest BCUT2D eigenvalue weighted by molar-refractivity contribution is 0.0957. The molecule has 0 radical (unpaired) electrons. The molecule has 0 saturated heterocycles. The number of nitrogens with one attached hydrogen (secondary N) is 2. The first kappa shape index (κ1) is 15.3. The maximum atomic E-state index is 12.2. The van der Waals surface area contributed by atoms with E-state index >= 15 is 0 Å². The minimum Gasteiger partial charge on any atom is -0.496 e. The summed E-state index contributed by atoms with van der Waals surface area (Å²) in [4.78, 5) is 15.3. The van der Waals surface area contributed by atoms with Crippen LogP contribution in [0.4, 0.5) is 0 Å². The average Bonchev–Trinajstić information content (AvgIpc) is 2.99. The number of fused-ring (bicyclic) bond motifs is 1. The summed E-state index contributed by atoms with van der Waals surface area (Å²) in [7, 11) is 1.59. The summed E-state index contributed by atoms with van der Waals surface area (Å²) < 4.78 is 6.16. The average molecular weight is 372 g/mol. The van der Waals surface area contributed by atoms with Crippen LogP contribution in [-0.2, 0) is 0 Å². The van der Waals surface area contributed by atoms with Crippen LogP contribution in [0.15, 0.2) is 58.2 Å². The molecule has 6 heteroatoms. The van der Waals surface area contributed by atoms with Crippen molar-refractivity contribution in [3.8, 4) is 5.75 Å². The van der Waals surface area contributed by atoms with Crippen molar-refractivity contribution in [1.29, 1.82) is 0 Å². The third kappa shape index (κ3) is 3.27. The predicted molar refractivity (Wildman–Crippen MR) is 94.1 cm³/mol. The first-order valence-corrected chi connectivity index (χ1v) is 7.71. The molecule has 0 unspecified atom stereocenters. The van der Waals surface area contributed by atoms with Gasteiger partial charge in [0.25, 0.3) is 5.91 Å². The number of rotatable bonds is 4. The zero-order valence-corrected chi connectivity index (χ0v) is 13.9. The van der Waals surface area contributed by atoms with E-state index in [9.17, 15) is 4.79 Å². The summed E-state index contributed by atoms with van der Waals surface area (Å²) in [5, 5.41) is 4.88. The van der Waals surface area contributed by atoms with Gasteiger partial charge >= 0.3 is 0 Å². The Morgan fingerprint density at radius 2 is 2.13 bits per heavy atom. The third-order valence-corrected chi connectivity index (χ3v) is 3.89. The van der Waals surface area contributed by atoms with Crippen molar-refractivity contribution < 1.29 is 9.53 Å². The number of carbonyl (C=O) groups is 1. The van der Waals surface area contributed by atoms with Crippen LogP contribution in [0.3, 0.4) is 0 Å². The molecule has 0 atom stereocenters. The number of amides is 1. The molecule has 23 heavy (non-hydrogen) atoms. The Morgan fingerprint density at radius 1 is 1.30 bits per heavy atom. The number of hydrogen-bond donors (Lipinski definition) is 2. The first-order valence-electron chi connectivity index (χ1n) is 6.92. The highest BCUT2D eigenvalue weighted by Crippen LogP contribution is 2.21. The van der Waals surface area contributed by atoms with Crippen molar-refractivity contribution in [2.75, 3.05) is 7.11 Å². The number of halogens is 1. The smallest absolute Gasteiger partial charge is 0.273 e. The molecule has 5 nitrogen and oxygen atoms in total. The fourth-order valence-electron chi connectivity index (χ4n) is 2.29. The zero-order chi connectivity index (χ0) is 16.2. The second kappa shape index (κ2) is 6.66. The topological polar surface area (TPSA) is 66.5 Å². The van der Waals surface area contributed by atoms with Gasteiger partial charge in [0.15, 0.2) is 0 Å². The van der Waals surface area contributed by atoms with E-state index in [1.54, 1.807) is 19.5 Å². The molecule has 2 aromatic carbocycles. The van der Waals surface area contributed by atoms with E-state index in [2.05, 4.69) is 31.4 Å². The van der Waals surface area contributed by atoms with Crippen molar-refractivity contribution >= 4 is 39.0 Å². The van der Waals surface area contributed by atoms with Crippen LogP contribution in [-0.4, -0.2) is 24.2 Å². The Hall–Kier alpha value is -2.60. The van der Waals surface area contributed by atoms with Gasteiger partial charge in [-0.15, -0.1) is 0 Å². The van der Waals surface area contributed by atoms with Crippen LogP contribution < -0.4 is 10.2 Å². The molecule has 1 aromatic heterocycles. The van der Waals surface area contributed by atoms with Crippen LogP contribution in [0, 0.1) is 0 Å². The highest BCUT2D eigenvalue weighted by atomic mass is 79.9. The van der Waals surface area contributed by atoms with E-state index in [0.717, 1.165) is 20.9 Å². The fourth-order valence-corrected chi connectivity index (χ4v) is 2.66. The second-order valence-corrected chi connectivity index (χ2v) is 5.75. The largest absolute Gasteiger partial charge is 0.496 e. The summed E-state index contributed by atoms with van der Waals surface area (Å²) in [6.45, 7) is 0. The fraction of sp³-hybridized carbons (Fsp3) is 0.0588. The standard InChI is InChI=1S/C17H14BrN3O2/c1-23-16-7-6-12(18)8-11(16)9-20-21-17(22)14-10-19-15-5-3-2-4-13(14)15/h2-10,19H,1H3,(H,21,22)/b20-9+. The lowest BCUT2D eigenvalue weighted by atomic mass is 10.2. The van der Waals surface area contributed by atoms with Gasteiger partial charge in [-0.1, -0.05) is 34.1 Å². The maximum absolute atomic E-state index is 12.2. The molecule has 0 saturated carbocycles. The van der Waals surface area contributed by atoms with Gasteiger partial charge in [0.2, 0.25) is 0 Å². The number of ether oxygens (including phenoxy) is 1.